The van der Waals surface area contributed by atoms with Crippen LogP contribution in [-0.2, 0) is 6.42 Å². The van der Waals surface area contributed by atoms with Crippen LogP contribution in [0, 0.1) is 5.82 Å². The van der Waals surface area contributed by atoms with Crippen LogP contribution in [-0.4, -0.2) is 55.0 Å². The Bertz CT molecular complexity index is 1190. The molecule has 162 valence electrons. The van der Waals surface area contributed by atoms with Crippen molar-refractivity contribution in [2.24, 2.45) is 0 Å². The van der Waals surface area contributed by atoms with Gasteiger partial charge in [0.05, 0.1) is 18.2 Å². The number of fused-ring (bicyclic) bond motifs is 1. The van der Waals surface area contributed by atoms with Gasteiger partial charge in [-0.15, -0.1) is 10.2 Å². The van der Waals surface area contributed by atoms with Gasteiger partial charge in [0.1, 0.15) is 10.8 Å². The molecule has 1 aromatic carbocycles. The molecule has 2 N–H and O–H groups in total. The molecule has 0 bridgehead atoms. The maximum absolute atomic E-state index is 13.1. The second-order valence-corrected chi connectivity index (χ2v) is 8.73. The Hall–Kier alpha value is -3.11. The Kier molecular flexibility index (Phi) is 5.59. The fourth-order valence-corrected chi connectivity index (χ4v) is 4.49. The van der Waals surface area contributed by atoms with Crippen molar-refractivity contribution >= 4 is 17.2 Å². The number of aliphatic hydroxyl groups excluding tert-OH is 1. The molecule has 2 aromatic heterocycles. The second kappa shape index (κ2) is 8.20. The summed E-state index contributed by atoms with van der Waals surface area (Å²) >= 11 is 1.18. The van der Waals surface area contributed by atoms with Gasteiger partial charge >= 0.3 is 0 Å². The minimum atomic E-state index is -0.716. The highest BCUT2D eigenvalue weighted by atomic mass is 32.1. The van der Waals surface area contributed by atoms with E-state index in [9.17, 15) is 24.2 Å². The van der Waals surface area contributed by atoms with E-state index in [1.807, 2.05) is 13.8 Å². The van der Waals surface area contributed by atoms with Crippen molar-refractivity contribution in [3.63, 3.8) is 0 Å². The Morgan fingerprint density at radius 1 is 1.23 bits per heavy atom. The van der Waals surface area contributed by atoms with Crippen LogP contribution < -0.4 is 5.43 Å². The summed E-state index contributed by atoms with van der Waals surface area (Å²) in [6.45, 7) is 3.65. The Balaban J connectivity index is 1.74. The number of hydrogen-bond donors (Lipinski definition) is 2. The van der Waals surface area contributed by atoms with Crippen molar-refractivity contribution in [2.75, 3.05) is 13.2 Å². The zero-order chi connectivity index (χ0) is 22.3. The molecule has 0 aliphatic carbocycles. The lowest BCUT2D eigenvalue weighted by molar-refractivity contribution is 0.0550. The van der Waals surface area contributed by atoms with Crippen LogP contribution in [0.5, 0.6) is 5.75 Å². The highest BCUT2D eigenvalue weighted by Crippen LogP contribution is 2.31. The van der Waals surface area contributed by atoms with E-state index in [4.69, 9.17) is 0 Å². The number of carbonyl (C=O) groups is 1. The van der Waals surface area contributed by atoms with E-state index in [-0.39, 0.29) is 36.3 Å². The molecule has 10 heteroatoms. The van der Waals surface area contributed by atoms with Crippen LogP contribution in [0.15, 0.2) is 35.3 Å². The molecule has 1 amide bonds. The largest absolute Gasteiger partial charge is 0.503 e. The number of amides is 1. The van der Waals surface area contributed by atoms with Gasteiger partial charge in [0, 0.05) is 25.2 Å². The number of benzene rings is 1. The molecule has 8 nitrogen and oxygen atoms in total. The van der Waals surface area contributed by atoms with Gasteiger partial charge in [-0.3, -0.25) is 9.59 Å². The van der Waals surface area contributed by atoms with Crippen molar-refractivity contribution < 1.29 is 19.4 Å². The van der Waals surface area contributed by atoms with Crippen molar-refractivity contribution in [2.45, 2.75) is 32.4 Å². The van der Waals surface area contributed by atoms with Crippen LogP contribution in [0.1, 0.15) is 40.9 Å². The third-order valence-electron chi connectivity index (χ3n) is 5.27. The summed E-state index contributed by atoms with van der Waals surface area (Å²) in [7, 11) is 0. The first-order chi connectivity index (χ1) is 14.8. The van der Waals surface area contributed by atoms with Gasteiger partial charge in [-0.25, -0.2) is 4.39 Å². The zero-order valence-corrected chi connectivity index (χ0v) is 17.8. The quantitative estimate of drug-likeness (QED) is 0.625. The maximum atomic E-state index is 13.1. The summed E-state index contributed by atoms with van der Waals surface area (Å²) in [5.41, 5.74) is 0.0948. The molecule has 0 unspecified atom stereocenters. The van der Waals surface area contributed by atoms with Gasteiger partial charge in [-0.05, 0) is 31.5 Å². The zero-order valence-electron chi connectivity index (χ0n) is 16.9. The molecular formula is C21H21FN4O4S. The van der Waals surface area contributed by atoms with E-state index in [1.54, 1.807) is 12.1 Å². The summed E-state index contributed by atoms with van der Waals surface area (Å²) in [6.07, 6.45) is 1.87. The maximum Gasteiger partial charge on any atom is 0.274 e. The first-order valence-corrected chi connectivity index (χ1v) is 10.6. The normalized spacial score (nSPS) is 16.1. The van der Waals surface area contributed by atoms with Gasteiger partial charge in [-0.1, -0.05) is 23.5 Å². The Morgan fingerprint density at radius 3 is 2.58 bits per heavy atom. The van der Waals surface area contributed by atoms with Crippen molar-refractivity contribution in [1.82, 2.24) is 19.7 Å². The summed E-state index contributed by atoms with van der Waals surface area (Å²) in [5.74, 6) is -1.46. The van der Waals surface area contributed by atoms with Gasteiger partial charge in [-0.2, -0.15) is 0 Å². The summed E-state index contributed by atoms with van der Waals surface area (Å²) in [4.78, 5) is 27.2. The third kappa shape index (κ3) is 3.84. The molecule has 1 aliphatic heterocycles. The molecular weight excluding hydrogens is 423 g/mol. The molecule has 0 fully saturated rings. The molecule has 4 rings (SSSR count). The SMILES string of the molecule is CC(C)N1C[C@H](CO)n2cc(-c3nnc(Cc4ccc(F)cc4)s3)c(=O)c(O)c2C1=O. The first-order valence-electron chi connectivity index (χ1n) is 9.77. The highest BCUT2D eigenvalue weighted by molar-refractivity contribution is 7.14. The second-order valence-electron chi connectivity index (χ2n) is 7.67. The molecule has 0 radical (unpaired) electrons. The summed E-state index contributed by atoms with van der Waals surface area (Å²) < 4.78 is 14.5. The van der Waals surface area contributed by atoms with Gasteiger partial charge in [0.25, 0.3) is 5.91 Å². The lowest BCUT2D eigenvalue weighted by Gasteiger charge is -2.37. The molecule has 31 heavy (non-hydrogen) atoms. The van der Waals surface area contributed by atoms with E-state index in [2.05, 4.69) is 10.2 Å². The Morgan fingerprint density at radius 2 is 1.94 bits per heavy atom. The van der Waals surface area contributed by atoms with Crippen LogP contribution in [0.4, 0.5) is 4.39 Å². The van der Waals surface area contributed by atoms with Gasteiger partial charge < -0.3 is 19.7 Å². The average Bonchev–Trinajstić information content (AvgIpc) is 3.20. The summed E-state index contributed by atoms with van der Waals surface area (Å²) in [6, 6.07) is 5.35. The fraction of sp³-hybridized carbons (Fsp3) is 0.333. The topological polar surface area (TPSA) is 109 Å². The van der Waals surface area contributed by atoms with E-state index in [1.165, 1.54) is 39.1 Å². The highest BCUT2D eigenvalue weighted by Gasteiger charge is 2.36. The minimum Gasteiger partial charge on any atom is -0.503 e. The molecule has 1 aliphatic rings. The number of rotatable bonds is 5. The van der Waals surface area contributed by atoms with E-state index < -0.39 is 23.1 Å². The van der Waals surface area contributed by atoms with Crippen LogP contribution in [0.25, 0.3) is 10.6 Å². The summed E-state index contributed by atoms with van der Waals surface area (Å²) in [5, 5.41) is 29.5. The number of carbonyl (C=O) groups excluding carboxylic acids is 1. The lowest BCUT2D eigenvalue weighted by Crippen LogP contribution is -2.48. The molecule has 1 atom stereocenters. The number of aromatic nitrogens is 3. The van der Waals surface area contributed by atoms with Crippen LogP contribution in [0.2, 0.25) is 0 Å². The monoisotopic (exact) mass is 444 g/mol. The smallest absolute Gasteiger partial charge is 0.274 e. The van der Waals surface area contributed by atoms with Gasteiger partial charge in [0.2, 0.25) is 5.43 Å². The number of pyridine rings is 1. The molecule has 3 aromatic rings. The number of aromatic hydroxyl groups is 1. The number of hydrogen-bond acceptors (Lipinski definition) is 7. The van der Waals surface area contributed by atoms with Crippen LogP contribution in [0.3, 0.4) is 0 Å². The van der Waals surface area contributed by atoms with E-state index >= 15 is 0 Å². The average molecular weight is 444 g/mol. The van der Waals surface area contributed by atoms with Crippen molar-refractivity contribution in [1.29, 1.82) is 0 Å². The molecule has 0 saturated carbocycles. The van der Waals surface area contributed by atoms with Gasteiger partial charge in [0.15, 0.2) is 16.5 Å². The first kappa shape index (κ1) is 21.1. The van der Waals surface area contributed by atoms with E-state index in [0.717, 1.165) is 5.56 Å². The number of nitrogens with zero attached hydrogens (tertiary/aromatic N) is 4. The minimum absolute atomic E-state index is 0.105. The third-order valence-corrected chi connectivity index (χ3v) is 6.23. The fourth-order valence-electron chi connectivity index (χ4n) is 3.61. The Labute approximate surface area is 181 Å². The van der Waals surface area contributed by atoms with Crippen molar-refractivity contribution in [3.8, 4) is 16.3 Å². The van der Waals surface area contributed by atoms with Crippen molar-refractivity contribution in [3.05, 3.63) is 62.8 Å². The molecule has 3 heterocycles. The standard InChI is InChI=1S/C21H21FN4O4S/c1-11(2)25-8-14(10-27)26-9-15(18(28)19(29)17(26)21(25)30)20-24-23-16(31-20)7-12-3-5-13(22)6-4-12/h3-6,9,11,14,27,29H,7-8,10H2,1-2H3/t14-/m1/s1. The number of halogens is 1. The van der Waals surface area contributed by atoms with Crippen LogP contribution >= 0.6 is 11.3 Å². The lowest BCUT2D eigenvalue weighted by atomic mass is 10.1. The molecule has 0 spiro atoms. The molecule has 0 saturated heterocycles. The number of aliphatic hydroxyl groups is 1. The predicted molar refractivity (Wildman–Crippen MR) is 113 cm³/mol. The van der Waals surface area contributed by atoms with E-state index in [0.29, 0.717) is 16.4 Å². The predicted octanol–water partition coefficient (Wildman–Crippen LogP) is 2.20.